The van der Waals surface area contributed by atoms with Crippen LogP contribution in [0.5, 0.6) is 17.5 Å². The Balaban J connectivity index is 1.43. The van der Waals surface area contributed by atoms with Gasteiger partial charge < -0.3 is 19.3 Å². The van der Waals surface area contributed by atoms with E-state index in [1.54, 1.807) is 7.11 Å². The Bertz CT molecular complexity index is 1420. The summed E-state index contributed by atoms with van der Waals surface area (Å²) in [6.45, 7) is 5.04. The lowest BCUT2D eigenvalue weighted by Crippen LogP contribution is -2.07. The zero-order valence-corrected chi connectivity index (χ0v) is 20.8. The molecule has 0 fully saturated rings. The fourth-order valence-corrected chi connectivity index (χ4v) is 4.94. The lowest BCUT2D eigenvalue weighted by molar-refractivity contribution is -0.137. The second-order valence-electron chi connectivity index (χ2n) is 9.06. The Kier molecular flexibility index (Phi) is 6.55. The SMILES string of the molecule is CCOc1nc2ccc(OC)cc2n1-c1cccc(CCc2ccc3c(c2)OC[C@H]3CC(=O)O)c1C. The van der Waals surface area contributed by atoms with Gasteiger partial charge in [0, 0.05) is 17.5 Å². The maximum absolute atomic E-state index is 11.1. The molecule has 1 N–H and O–H groups in total. The average Bonchev–Trinajstić information content (AvgIpc) is 3.43. The molecule has 5 rings (SSSR count). The van der Waals surface area contributed by atoms with Crippen LogP contribution in [-0.2, 0) is 17.6 Å². The fourth-order valence-electron chi connectivity index (χ4n) is 4.94. The summed E-state index contributed by atoms with van der Waals surface area (Å²) in [5.41, 5.74) is 7.38. The van der Waals surface area contributed by atoms with Crippen molar-refractivity contribution < 1.29 is 24.1 Å². The smallest absolute Gasteiger partial charge is 0.304 e. The molecule has 36 heavy (non-hydrogen) atoms. The topological polar surface area (TPSA) is 82.8 Å². The number of carbonyl (C=O) groups is 1. The van der Waals surface area contributed by atoms with E-state index >= 15 is 0 Å². The number of aromatic nitrogens is 2. The number of imidazole rings is 1. The Hall–Kier alpha value is -4.00. The van der Waals surface area contributed by atoms with E-state index in [2.05, 4.69) is 41.8 Å². The first-order valence-electron chi connectivity index (χ1n) is 12.2. The number of hydrogen-bond donors (Lipinski definition) is 1. The number of nitrogens with zero attached hydrogens (tertiary/aromatic N) is 2. The molecule has 1 aliphatic rings. The van der Waals surface area contributed by atoms with E-state index in [0.717, 1.165) is 46.6 Å². The fraction of sp³-hybridized carbons (Fsp3) is 0.310. The summed E-state index contributed by atoms with van der Waals surface area (Å²) in [6, 6.07) is 18.9. The van der Waals surface area contributed by atoms with Gasteiger partial charge in [-0.1, -0.05) is 24.3 Å². The van der Waals surface area contributed by atoms with Crippen LogP contribution in [0.1, 0.15) is 41.5 Å². The molecule has 3 aromatic carbocycles. The molecular weight excluding hydrogens is 456 g/mol. The summed E-state index contributed by atoms with van der Waals surface area (Å²) in [4.78, 5) is 15.8. The molecule has 0 bridgehead atoms. The van der Waals surface area contributed by atoms with E-state index in [1.165, 1.54) is 16.7 Å². The Morgan fingerprint density at radius 2 is 2.03 bits per heavy atom. The van der Waals surface area contributed by atoms with Gasteiger partial charge in [-0.2, -0.15) is 4.98 Å². The van der Waals surface area contributed by atoms with Gasteiger partial charge >= 0.3 is 12.0 Å². The molecule has 0 unspecified atom stereocenters. The molecule has 1 aliphatic heterocycles. The largest absolute Gasteiger partial charge is 0.497 e. The van der Waals surface area contributed by atoms with E-state index in [0.29, 0.717) is 19.2 Å². The molecule has 0 radical (unpaired) electrons. The van der Waals surface area contributed by atoms with Gasteiger partial charge in [-0.05, 0) is 67.6 Å². The molecule has 0 amide bonds. The normalized spacial score (nSPS) is 14.5. The predicted octanol–water partition coefficient (Wildman–Crippen LogP) is 5.48. The summed E-state index contributed by atoms with van der Waals surface area (Å²) in [5, 5.41) is 9.14. The summed E-state index contributed by atoms with van der Waals surface area (Å²) >= 11 is 0. The van der Waals surface area contributed by atoms with Crippen LogP contribution in [0.3, 0.4) is 0 Å². The average molecular weight is 487 g/mol. The van der Waals surface area contributed by atoms with Crippen LogP contribution in [0.15, 0.2) is 54.6 Å². The van der Waals surface area contributed by atoms with Crippen molar-refractivity contribution in [2.24, 2.45) is 0 Å². The van der Waals surface area contributed by atoms with Crippen molar-refractivity contribution in [1.29, 1.82) is 0 Å². The second kappa shape index (κ2) is 9.93. The van der Waals surface area contributed by atoms with E-state index in [-0.39, 0.29) is 12.3 Å². The molecule has 186 valence electrons. The highest BCUT2D eigenvalue weighted by Gasteiger charge is 2.26. The third-order valence-corrected chi connectivity index (χ3v) is 6.82. The van der Waals surface area contributed by atoms with Gasteiger partial charge in [-0.15, -0.1) is 0 Å². The van der Waals surface area contributed by atoms with Gasteiger partial charge in [0.25, 0.3) is 0 Å². The summed E-state index contributed by atoms with van der Waals surface area (Å²) in [5.74, 6) is 0.704. The molecule has 7 nitrogen and oxygen atoms in total. The van der Waals surface area contributed by atoms with Crippen LogP contribution in [-0.4, -0.2) is 41.0 Å². The van der Waals surface area contributed by atoms with Crippen molar-refractivity contribution >= 4 is 17.0 Å². The van der Waals surface area contributed by atoms with Crippen molar-refractivity contribution in [3.63, 3.8) is 0 Å². The van der Waals surface area contributed by atoms with Crippen molar-refractivity contribution in [3.8, 4) is 23.2 Å². The zero-order chi connectivity index (χ0) is 25.2. The van der Waals surface area contributed by atoms with E-state index in [4.69, 9.17) is 24.3 Å². The molecule has 0 saturated carbocycles. The quantitative estimate of drug-likeness (QED) is 0.337. The highest BCUT2D eigenvalue weighted by atomic mass is 16.5. The zero-order valence-electron chi connectivity index (χ0n) is 20.8. The van der Waals surface area contributed by atoms with Gasteiger partial charge in [0.1, 0.15) is 11.5 Å². The van der Waals surface area contributed by atoms with Crippen LogP contribution >= 0.6 is 0 Å². The minimum Gasteiger partial charge on any atom is -0.497 e. The number of aryl methyl sites for hydroxylation is 2. The van der Waals surface area contributed by atoms with Gasteiger partial charge in [0.15, 0.2) is 0 Å². The van der Waals surface area contributed by atoms with Crippen LogP contribution < -0.4 is 14.2 Å². The first-order valence-corrected chi connectivity index (χ1v) is 12.2. The molecule has 0 saturated heterocycles. The third kappa shape index (κ3) is 4.49. The van der Waals surface area contributed by atoms with Crippen LogP contribution in [0.2, 0.25) is 0 Å². The Morgan fingerprint density at radius 1 is 1.17 bits per heavy atom. The Morgan fingerprint density at radius 3 is 2.81 bits per heavy atom. The van der Waals surface area contributed by atoms with E-state index in [1.807, 2.05) is 31.2 Å². The highest BCUT2D eigenvalue weighted by molar-refractivity contribution is 5.81. The second-order valence-corrected chi connectivity index (χ2v) is 9.06. The van der Waals surface area contributed by atoms with Crippen LogP contribution in [0, 0.1) is 6.92 Å². The van der Waals surface area contributed by atoms with Crippen LogP contribution in [0.4, 0.5) is 0 Å². The van der Waals surface area contributed by atoms with E-state index in [9.17, 15) is 4.79 Å². The van der Waals surface area contributed by atoms with Crippen molar-refractivity contribution in [2.75, 3.05) is 20.3 Å². The summed E-state index contributed by atoms with van der Waals surface area (Å²) < 4.78 is 19.2. The number of ether oxygens (including phenoxy) is 3. The number of rotatable bonds is 9. The minimum atomic E-state index is -0.799. The maximum Gasteiger partial charge on any atom is 0.304 e. The lowest BCUT2D eigenvalue weighted by atomic mass is 9.94. The monoisotopic (exact) mass is 486 g/mol. The number of aliphatic carboxylic acids is 1. The van der Waals surface area contributed by atoms with Gasteiger partial charge in [0.05, 0.1) is 43.5 Å². The van der Waals surface area contributed by atoms with Crippen molar-refractivity contribution in [2.45, 2.75) is 39.0 Å². The van der Waals surface area contributed by atoms with E-state index < -0.39 is 5.97 Å². The molecule has 7 heteroatoms. The first-order chi connectivity index (χ1) is 17.5. The Labute approximate surface area is 210 Å². The number of carboxylic acid groups (broad SMARTS) is 1. The first kappa shape index (κ1) is 23.7. The summed E-state index contributed by atoms with van der Waals surface area (Å²) in [7, 11) is 1.66. The number of fused-ring (bicyclic) bond motifs is 2. The molecular formula is C29H30N2O5. The van der Waals surface area contributed by atoms with Gasteiger partial charge in [-0.25, -0.2) is 0 Å². The molecule has 0 spiro atoms. The lowest BCUT2D eigenvalue weighted by Gasteiger charge is -2.15. The number of benzene rings is 3. The predicted molar refractivity (Wildman–Crippen MR) is 138 cm³/mol. The minimum absolute atomic E-state index is 0.0753. The van der Waals surface area contributed by atoms with Crippen LogP contribution in [0.25, 0.3) is 16.7 Å². The molecule has 2 heterocycles. The molecule has 1 atom stereocenters. The standard InChI is InChI=1S/C29H30N2O5/c1-4-35-29-30-24-13-11-22(34-3)16-26(24)31(29)25-7-5-6-20(18(25)2)10-8-19-9-12-23-21(15-28(32)33)17-36-27(23)14-19/h5-7,9,11-14,16,21H,4,8,10,15,17H2,1-3H3,(H,32,33)/t21-/m1/s1. The van der Waals surface area contributed by atoms with Gasteiger partial charge in [0.2, 0.25) is 0 Å². The molecule has 1 aromatic heterocycles. The maximum atomic E-state index is 11.1. The van der Waals surface area contributed by atoms with Crippen molar-refractivity contribution in [3.05, 3.63) is 76.9 Å². The molecule has 0 aliphatic carbocycles. The summed E-state index contributed by atoms with van der Waals surface area (Å²) in [6.07, 6.45) is 1.80. The number of hydrogen-bond acceptors (Lipinski definition) is 5. The number of methoxy groups -OCH3 is 1. The highest BCUT2D eigenvalue weighted by Crippen LogP contribution is 2.37. The number of carboxylic acids is 1. The van der Waals surface area contributed by atoms with Gasteiger partial charge in [-0.3, -0.25) is 9.36 Å². The van der Waals surface area contributed by atoms with Crippen molar-refractivity contribution in [1.82, 2.24) is 9.55 Å². The third-order valence-electron chi connectivity index (χ3n) is 6.82. The molecule has 4 aromatic rings.